The molecule has 6 rings (SSSR count). The van der Waals surface area contributed by atoms with Crippen molar-refractivity contribution in [1.82, 2.24) is 15.3 Å². The number of hydrogen-bond acceptors (Lipinski definition) is 7. The molecule has 8 nitrogen and oxygen atoms in total. The van der Waals surface area contributed by atoms with Crippen LogP contribution < -0.4 is 26.0 Å². The predicted octanol–water partition coefficient (Wildman–Crippen LogP) is 5.92. The number of hydrogen-bond donors (Lipinski definition) is 3. The fourth-order valence-electron chi connectivity index (χ4n) is 4.92. The highest BCUT2D eigenvalue weighted by Gasteiger charge is 2.33. The van der Waals surface area contributed by atoms with Crippen molar-refractivity contribution in [2.45, 2.75) is 38.3 Å². The van der Waals surface area contributed by atoms with Crippen molar-refractivity contribution in [3.63, 3.8) is 0 Å². The normalized spacial score (nSPS) is 18.8. The summed E-state index contributed by atoms with van der Waals surface area (Å²) in [6, 6.07) is 13.4. The van der Waals surface area contributed by atoms with E-state index in [-0.39, 0.29) is 12.1 Å². The minimum atomic E-state index is -0.257. The van der Waals surface area contributed by atoms with Crippen molar-refractivity contribution in [2.75, 3.05) is 10.2 Å². The van der Waals surface area contributed by atoms with Crippen molar-refractivity contribution < 1.29 is 9.53 Å². The predicted molar refractivity (Wildman–Crippen MR) is 144 cm³/mol. The zero-order valence-electron chi connectivity index (χ0n) is 19.8. The van der Waals surface area contributed by atoms with E-state index in [0.717, 1.165) is 57.0 Å². The summed E-state index contributed by atoms with van der Waals surface area (Å²) in [7, 11) is 0. The summed E-state index contributed by atoms with van der Waals surface area (Å²) in [6.45, 7) is 6.21. The molecular formula is C27H26N6O2S. The van der Waals surface area contributed by atoms with Gasteiger partial charge in [-0.05, 0) is 49.9 Å². The number of aromatic nitrogens is 2. The van der Waals surface area contributed by atoms with Crippen LogP contribution in [0.3, 0.4) is 0 Å². The fraction of sp³-hybridized carbons (Fsp3) is 0.222. The number of nitrogens with two attached hydrogens (primary N) is 1. The number of ether oxygens (including phenoxy) is 1. The van der Waals surface area contributed by atoms with E-state index < -0.39 is 0 Å². The molecule has 0 spiro atoms. The molecule has 0 radical (unpaired) electrons. The Balaban J connectivity index is 1.34. The molecule has 4 heterocycles. The summed E-state index contributed by atoms with van der Waals surface area (Å²) in [5.74, 6) is 1.17. The minimum absolute atomic E-state index is 0.221. The number of carbonyl (C=O) groups excluding carboxylic acids is 1. The number of urea groups is 1. The van der Waals surface area contributed by atoms with Gasteiger partial charge in [0.25, 0.3) is 0 Å². The number of aryl methyl sites for hydroxylation is 1. The number of benzene rings is 1. The Morgan fingerprint density at radius 3 is 2.81 bits per heavy atom. The number of para-hydroxylation sites is 1. The van der Waals surface area contributed by atoms with Gasteiger partial charge in [-0.2, -0.15) is 0 Å². The van der Waals surface area contributed by atoms with Gasteiger partial charge in [-0.1, -0.05) is 24.8 Å². The van der Waals surface area contributed by atoms with Crippen molar-refractivity contribution in [2.24, 2.45) is 5.73 Å². The molecule has 4 N–H and O–H groups in total. The summed E-state index contributed by atoms with van der Waals surface area (Å²) < 4.78 is 5.87. The molecule has 2 aliphatic rings. The molecular weight excluding hydrogens is 472 g/mol. The summed E-state index contributed by atoms with van der Waals surface area (Å²) in [4.78, 5) is 25.9. The molecule has 1 fully saturated rings. The van der Waals surface area contributed by atoms with Crippen LogP contribution in [-0.2, 0) is 0 Å². The maximum absolute atomic E-state index is 13.5. The number of nitrogens with one attached hydrogen (secondary N) is 2. The number of amides is 2. The number of anilines is 3. The Morgan fingerprint density at radius 2 is 2.06 bits per heavy atom. The molecule has 2 amide bonds. The summed E-state index contributed by atoms with van der Waals surface area (Å²) in [5, 5.41) is 7.50. The first-order valence-corrected chi connectivity index (χ1v) is 12.7. The van der Waals surface area contributed by atoms with Crippen LogP contribution in [0.25, 0.3) is 15.9 Å². The van der Waals surface area contributed by atoms with Gasteiger partial charge in [-0.25, -0.2) is 14.8 Å². The smallest absolute Gasteiger partial charge is 0.331 e. The van der Waals surface area contributed by atoms with Crippen molar-refractivity contribution in [3.05, 3.63) is 71.9 Å². The Bertz CT molecular complexity index is 1480. The zero-order valence-corrected chi connectivity index (χ0v) is 20.6. The van der Waals surface area contributed by atoms with E-state index in [4.69, 9.17) is 10.5 Å². The van der Waals surface area contributed by atoms with Crippen LogP contribution in [0.5, 0.6) is 11.6 Å². The van der Waals surface area contributed by atoms with Crippen molar-refractivity contribution in [3.8, 4) is 11.6 Å². The van der Waals surface area contributed by atoms with Crippen LogP contribution in [0, 0.1) is 6.92 Å². The lowest BCUT2D eigenvalue weighted by molar-refractivity contribution is 0.258. The first-order chi connectivity index (χ1) is 17.5. The Hall–Kier alpha value is -3.95. The molecule has 1 aliphatic heterocycles. The van der Waals surface area contributed by atoms with Crippen LogP contribution in [-0.4, -0.2) is 28.1 Å². The molecule has 0 bridgehead atoms. The van der Waals surface area contributed by atoms with Gasteiger partial charge in [-0.3, -0.25) is 4.90 Å². The molecule has 36 heavy (non-hydrogen) atoms. The highest BCUT2D eigenvalue weighted by molar-refractivity contribution is 7.20. The van der Waals surface area contributed by atoms with E-state index >= 15 is 0 Å². The summed E-state index contributed by atoms with van der Waals surface area (Å²) in [6.07, 6.45) is 6.33. The van der Waals surface area contributed by atoms with Crippen molar-refractivity contribution >= 4 is 50.3 Å². The Morgan fingerprint density at radius 1 is 1.22 bits per heavy atom. The third-order valence-corrected chi connectivity index (χ3v) is 7.79. The molecule has 1 aliphatic carbocycles. The van der Waals surface area contributed by atoms with E-state index in [1.54, 1.807) is 17.3 Å². The fourth-order valence-corrected chi connectivity index (χ4v) is 5.97. The lowest BCUT2D eigenvalue weighted by atomic mass is 10.1. The molecule has 1 unspecified atom stereocenters. The number of pyridine rings is 2. The third kappa shape index (κ3) is 3.96. The van der Waals surface area contributed by atoms with E-state index in [9.17, 15) is 4.79 Å². The largest absolute Gasteiger partial charge is 0.439 e. The first kappa shape index (κ1) is 22.5. The molecule has 1 saturated carbocycles. The zero-order chi connectivity index (χ0) is 24.8. The van der Waals surface area contributed by atoms with Crippen LogP contribution >= 0.6 is 11.3 Å². The van der Waals surface area contributed by atoms with Gasteiger partial charge in [0.1, 0.15) is 10.6 Å². The van der Waals surface area contributed by atoms with Gasteiger partial charge < -0.3 is 21.1 Å². The molecule has 182 valence electrons. The van der Waals surface area contributed by atoms with Crippen molar-refractivity contribution in [1.29, 1.82) is 0 Å². The highest BCUT2D eigenvalue weighted by Crippen LogP contribution is 2.47. The van der Waals surface area contributed by atoms with E-state index in [0.29, 0.717) is 23.4 Å². The van der Waals surface area contributed by atoms with Crippen LogP contribution in [0.2, 0.25) is 0 Å². The van der Waals surface area contributed by atoms with Crippen LogP contribution in [0.4, 0.5) is 21.9 Å². The van der Waals surface area contributed by atoms with Gasteiger partial charge in [0.2, 0.25) is 5.88 Å². The van der Waals surface area contributed by atoms with Crippen LogP contribution in [0.1, 0.15) is 29.7 Å². The quantitative estimate of drug-likeness (QED) is 0.305. The molecule has 1 aromatic carbocycles. The number of thiophene rings is 1. The number of carbonyl (C=O) groups is 1. The second-order valence-corrected chi connectivity index (χ2v) is 10.2. The molecule has 3 aromatic heterocycles. The van der Waals surface area contributed by atoms with Gasteiger partial charge >= 0.3 is 6.03 Å². The highest BCUT2D eigenvalue weighted by atomic mass is 32.1. The topological polar surface area (TPSA) is 105 Å². The first-order valence-electron chi connectivity index (χ1n) is 11.9. The van der Waals surface area contributed by atoms with E-state index in [1.807, 2.05) is 49.4 Å². The maximum Gasteiger partial charge on any atom is 0.331 e. The SMILES string of the molecule is C=C(N[C@@H]1CCC(N)C1)c1sc2nccc3c2c1NC(=O)N3c1cnc(Oc2ccccc2)cc1C. The van der Waals surface area contributed by atoms with Gasteiger partial charge in [0.15, 0.2) is 0 Å². The molecule has 2 atom stereocenters. The van der Waals surface area contributed by atoms with E-state index in [2.05, 4.69) is 27.2 Å². The maximum atomic E-state index is 13.5. The molecule has 4 aromatic rings. The lowest BCUT2D eigenvalue weighted by Crippen LogP contribution is -2.34. The number of rotatable bonds is 6. The van der Waals surface area contributed by atoms with Gasteiger partial charge in [-0.15, -0.1) is 11.3 Å². The average molecular weight is 499 g/mol. The standard InChI is InChI=1S/C27H26N6O2S/c1-15-12-22(35-19-6-4-3-5-7-19)30-14-21(15)33-20-10-11-29-26-23(20)24(32-27(33)34)25(36-26)16(2)31-18-9-8-17(28)13-18/h3-7,10-12,14,17-18,31H,2,8-9,13,28H2,1H3,(H,32,34)/t17?,18-/m1/s1. The molecule has 9 heteroatoms. The summed E-state index contributed by atoms with van der Waals surface area (Å²) in [5.41, 5.74) is 9.91. The summed E-state index contributed by atoms with van der Waals surface area (Å²) >= 11 is 1.52. The van der Waals surface area contributed by atoms with E-state index in [1.165, 1.54) is 11.3 Å². The Kier molecular flexibility index (Phi) is 5.58. The second-order valence-electron chi connectivity index (χ2n) is 9.20. The number of nitrogens with zero attached hydrogens (tertiary/aromatic N) is 3. The Labute approximate surface area is 212 Å². The average Bonchev–Trinajstić information content (AvgIpc) is 3.44. The third-order valence-electron chi connectivity index (χ3n) is 6.64. The van der Waals surface area contributed by atoms with Gasteiger partial charge in [0.05, 0.1) is 33.5 Å². The molecule has 0 saturated heterocycles. The minimum Gasteiger partial charge on any atom is -0.439 e. The van der Waals surface area contributed by atoms with Gasteiger partial charge in [0, 0.05) is 30.0 Å². The lowest BCUT2D eigenvalue weighted by Gasteiger charge is -2.29. The van der Waals surface area contributed by atoms with Crippen LogP contribution in [0.15, 0.2) is 61.4 Å². The monoisotopic (exact) mass is 498 g/mol. The second kappa shape index (κ2) is 8.92.